The highest BCUT2D eigenvalue weighted by Crippen LogP contribution is 2.33. The number of H-pyrrole nitrogens is 1. The fourth-order valence-corrected chi connectivity index (χ4v) is 3.37. The summed E-state index contributed by atoms with van der Waals surface area (Å²) in [6.45, 7) is 4.08. The maximum atomic E-state index is 11.1. The van der Waals surface area contributed by atoms with Crippen LogP contribution in [0.1, 0.15) is 19.8 Å². The lowest BCUT2D eigenvalue weighted by Gasteiger charge is -2.40. The second-order valence-electron chi connectivity index (χ2n) is 6.10. The van der Waals surface area contributed by atoms with E-state index in [1.54, 1.807) is 6.33 Å². The zero-order chi connectivity index (χ0) is 15.8. The first-order valence-electron chi connectivity index (χ1n) is 7.17. The number of aromatic amines is 1. The van der Waals surface area contributed by atoms with E-state index in [-0.39, 0.29) is 17.8 Å². The number of nitrogens with one attached hydrogen (secondary N) is 2. The Bertz CT molecular complexity index is 770. The van der Waals surface area contributed by atoms with E-state index in [4.69, 9.17) is 5.14 Å². The van der Waals surface area contributed by atoms with E-state index in [1.165, 1.54) is 0 Å². The minimum atomic E-state index is -3.64. The van der Waals surface area contributed by atoms with Gasteiger partial charge in [0.1, 0.15) is 17.8 Å². The van der Waals surface area contributed by atoms with Gasteiger partial charge in [-0.3, -0.25) is 0 Å². The van der Waals surface area contributed by atoms with Crippen molar-refractivity contribution in [2.45, 2.75) is 19.8 Å². The Labute approximate surface area is 141 Å². The zero-order valence-corrected chi connectivity index (χ0v) is 14.5. The molecule has 0 unspecified atom stereocenters. The van der Waals surface area contributed by atoms with Crippen molar-refractivity contribution in [2.75, 3.05) is 24.5 Å². The Morgan fingerprint density at radius 2 is 2.09 bits per heavy atom. The lowest BCUT2D eigenvalue weighted by atomic mass is 9.80. The number of aromatic nitrogens is 3. The standard InChI is InChI=1S/C13H20N6O2S.ClH/c1-13(8-18-22(14,20)21)3-6-19(7-4-13)12-10-2-5-15-11(10)16-9-17-12;/h2,5,9,18H,3-4,6-8H2,1H3,(H2,14,20,21)(H,15,16,17);1H. The molecule has 2 aromatic rings. The van der Waals surface area contributed by atoms with E-state index >= 15 is 0 Å². The summed E-state index contributed by atoms with van der Waals surface area (Å²) in [6, 6.07) is 1.97. The zero-order valence-electron chi connectivity index (χ0n) is 12.8. The van der Waals surface area contributed by atoms with Gasteiger partial charge in [-0.25, -0.2) is 19.8 Å². The van der Waals surface area contributed by atoms with Crippen LogP contribution in [0.5, 0.6) is 0 Å². The lowest BCUT2D eigenvalue weighted by Crippen LogP contribution is -2.46. The highest BCUT2D eigenvalue weighted by atomic mass is 35.5. The molecule has 2 aromatic heterocycles. The van der Waals surface area contributed by atoms with Gasteiger partial charge in [-0.2, -0.15) is 8.42 Å². The molecule has 0 radical (unpaired) electrons. The molecule has 4 N–H and O–H groups in total. The highest BCUT2D eigenvalue weighted by Gasteiger charge is 2.31. The number of fused-ring (bicyclic) bond motifs is 1. The molecule has 10 heteroatoms. The van der Waals surface area contributed by atoms with Crippen LogP contribution in [-0.4, -0.2) is 43.0 Å². The third-order valence-electron chi connectivity index (χ3n) is 4.30. The Kier molecular flexibility index (Phi) is 5.14. The van der Waals surface area contributed by atoms with Crippen LogP contribution in [0.4, 0.5) is 5.82 Å². The first kappa shape index (κ1) is 17.9. The predicted octanol–water partition coefficient (Wildman–Crippen LogP) is 0.779. The van der Waals surface area contributed by atoms with Crippen molar-refractivity contribution >= 4 is 39.5 Å². The molecule has 1 aliphatic rings. The average Bonchev–Trinajstić information content (AvgIpc) is 2.94. The first-order valence-corrected chi connectivity index (χ1v) is 8.71. The van der Waals surface area contributed by atoms with Gasteiger partial charge in [0, 0.05) is 25.8 Å². The van der Waals surface area contributed by atoms with Gasteiger partial charge in [0.15, 0.2) is 0 Å². The normalized spacial score (nSPS) is 17.9. The number of hydrogen-bond donors (Lipinski definition) is 3. The van der Waals surface area contributed by atoms with Crippen LogP contribution in [0.25, 0.3) is 11.0 Å². The Balaban J connectivity index is 0.00000192. The molecular weight excluding hydrogens is 340 g/mol. The predicted molar refractivity (Wildman–Crippen MR) is 91.8 cm³/mol. The van der Waals surface area contributed by atoms with Crippen molar-refractivity contribution in [1.29, 1.82) is 0 Å². The fraction of sp³-hybridized carbons (Fsp3) is 0.538. The number of nitrogens with zero attached hydrogens (tertiary/aromatic N) is 3. The van der Waals surface area contributed by atoms with Gasteiger partial charge in [-0.15, -0.1) is 12.4 Å². The van der Waals surface area contributed by atoms with E-state index in [0.717, 1.165) is 42.8 Å². The molecule has 1 saturated heterocycles. The number of rotatable bonds is 4. The molecule has 0 atom stereocenters. The Hall–Kier alpha value is -1.42. The van der Waals surface area contributed by atoms with Crippen molar-refractivity contribution in [2.24, 2.45) is 10.6 Å². The number of piperidine rings is 1. The molecule has 0 spiro atoms. The van der Waals surface area contributed by atoms with Crippen molar-refractivity contribution in [3.63, 3.8) is 0 Å². The number of nitrogens with two attached hydrogens (primary N) is 1. The van der Waals surface area contributed by atoms with E-state index in [9.17, 15) is 8.42 Å². The maximum Gasteiger partial charge on any atom is 0.274 e. The second-order valence-corrected chi connectivity index (χ2v) is 7.48. The summed E-state index contributed by atoms with van der Waals surface area (Å²) in [4.78, 5) is 13.9. The average molecular weight is 361 g/mol. The first-order chi connectivity index (χ1) is 10.4. The topological polar surface area (TPSA) is 117 Å². The number of hydrogen-bond acceptors (Lipinski definition) is 5. The fourth-order valence-electron chi connectivity index (χ4n) is 2.82. The van der Waals surface area contributed by atoms with Gasteiger partial charge in [0.2, 0.25) is 0 Å². The summed E-state index contributed by atoms with van der Waals surface area (Å²) in [5.41, 5.74) is 0.738. The molecule has 23 heavy (non-hydrogen) atoms. The van der Waals surface area contributed by atoms with Crippen LogP contribution >= 0.6 is 12.4 Å². The summed E-state index contributed by atoms with van der Waals surface area (Å²) in [7, 11) is -3.64. The molecule has 0 amide bonds. The van der Waals surface area contributed by atoms with E-state index in [0.29, 0.717) is 6.54 Å². The van der Waals surface area contributed by atoms with Crippen molar-refractivity contribution in [1.82, 2.24) is 19.7 Å². The molecule has 0 aromatic carbocycles. The smallest absolute Gasteiger partial charge is 0.274 e. The maximum absolute atomic E-state index is 11.1. The van der Waals surface area contributed by atoms with Gasteiger partial charge < -0.3 is 9.88 Å². The summed E-state index contributed by atoms with van der Waals surface area (Å²) in [5.74, 6) is 0.924. The lowest BCUT2D eigenvalue weighted by molar-refractivity contribution is 0.249. The van der Waals surface area contributed by atoms with Crippen molar-refractivity contribution in [3.8, 4) is 0 Å². The van der Waals surface area contributed by atoms with Crippen molar-refractivity contribution in [3.05, 3.63) is 18.6 Å². The van der Waals surface area contributed by atoms with Crippen molar-refractivity contribution < 1.29 is 8.42 Å². The summed E-state index contributed by atoms with van der Waals surface area (Å²) < 4.78 is 24.5. The molecular formula is C13H21ClN6O2S. The Morgan fingerprint density at radius 1 is 1.39 bits per heavy atom. The summed E-state index contributed by atoms with van der Waals surface area (Å²) >= 11 is 0. The molecule has 128 valence electrons. The van der Waals surface area contributed by atoms with Crippen LogP contribution in [0.2, 0.25) is 0 Å². The van der Waals surface area contributed by atoms with Gasteiger partial charge >= 0.3 is 0 Å². The minimum Gasteiger partial charge on any atom is -0.356 e. The summed E-state index contributed by atoms with van der Waals surface area (Å²) in [5, 5.41) is 6.02. The van der Waals surface area contributed by atoms with Gasteiger partial charge in [-0.05, 0) is 24.3 Å². The molecule has 0 bridgehead atoms. The third kappa shape index (κ3) is 4.11. The van der Waals surface area contributed by atoms with E-state index in [2.05, 4.69) is 31.5 Å². The quantitative estimate of drug-likeness (QED) is 0.744. The number of halogens is 1. The SMILES string of the molecule is CC1(CNS(N)(=O)=O)CCN(c2ncnc3[nH]ccc23)CC1.Cl. The molecule has 0 aliphatic carbocycles. The van der Waals surface area contributed by atoms with Crippen LogP contribution in [0.3, 0.4) is 0 Å². The molecule has 1 fully saturated rings. The molecule has 8 nitrogen and oxygen atoms in total. The van der Waals surface area contributed by atoms with Gasteiger partial charge in [-0.1, -0.05) is 6.92 Å². The molecule has 0 saturated carbocycles. The molecule has 3 heterocycles. The van der Waals surface area contributed by atoms with Crippen LogP contribution in [-0.2, 0) is 10.2 Å². The van der Waals surface area contributed by atoms with Crippen LogP contribution in [0, 0.1) is 5.41 Å². The van der Waals surface area contributed by atoms with Gasteiger partial charge in [0.25, 0.3) is 10.2 Å². The second kappa shape index (κ2) is 6.60. The minimum absolute atomic E-state index is 0. The monoisotopic (exact) mass is 360 g/mol. The van der Waals surface area contributed by atoms with Crippen LogP contribution in [0.15, 0.2) is 18.6 Å². The summed E-state index contributed by atoms with van der Waals surface area (Å²) in [6.07, 6.45) is 5.15. The van der Waals surface area contributed by atoms with E-state index in [1.807, 2.05) is 12.3 Å². The molecule has 1 aliphatic heterocycles. The van der Waals surface area contributed by atoms with Gasteiger partial charge in [0.05, 0.1) is 5.39 Å². The Morgan fingerprint density at radius 3 is 2.74 bits per heavy atom. The number of anilines is 1. The largest absolute Gasteiger partial charge is 0.356 e. The highest BCUT2D eigenvalue weighted by molar-refractivity contribution is 7.87. The molecule has 3 rings (SSSR count). The van der Waals surface area contributed by atoms with E-state index < -0.39 is 10.2 Å². The van der Waals surface area contributed by atoms with Crippen LogP contribution < -0.4 is 14.8 Å². The third-order valence-corrected chi connectivity index (χ3v) is 4.85.